The van der Waals surface area contributed by atoms with Gasteiger partial charge < -0.3 is 9.67 Å². The van der Waals surface area contributed by atoms with Gasteiger partial charge in [-0.3, -0.25) is 4.79 Å². The van der Waals surface area contributed by atoms with Crippen LogP contribution in [0.3, 0.4) is 0 Å². The van der Waals surface area contributed by atoms with E-state index in [2.05, 4.69) is 9.55 Å². The molecule has 0 atom stereocenters. The Labute approximate surface area is 106 Å². The zero-order chi connectivity index (χ0) is 13.1. The zero-order valence-electron chi connectivity index (χ0n) is 10.6. The highest BCUT2D eigenvalue weighted by Crippen LogP contribution is 2.15. The van der Waals surface area contributed by atoms with Crippen molar-refractivity contribution in [2.75, 3.05) is 0 Å². The number of nitrogens with zero attached hydrogens (tertiary/aromatic N) is 2. The average Bonchev–Trinajstić information content (AvgIpc) is 2.67. The van der Waals surface area contributed by atoms with Crippen LogP contribution in [-0.2, 0) is 11.2 Å². The van der Waals surface area contributed by atoms with Crippen molar-refractivity contribution in [3.63, 3.8) is 0 Å². The van der Waals surface area contributed by atoms with Gasteiger partial charge in [0.25, 0.3) is 0 Å². The SMILES string of the molecule is Cc1ccc(C)n1-c1cc(CCC(=O)O)ccn1. The molecule has 0 radical (unpaired) electrons. The van der Waals surface area contributed by atoms with E-state index in [0.29, 0.717) is 6.42 Å². The Morgan fingerprint density at radius 3 is 2.56 bits per heavy atom. The summed E-state index contributed by atoms with van der Waals surface area (Å²) in [5, 5.41) is 8.70. The quantitative estimate of drug-likeness (QED) is 0.899. The van der Waals surface area contributed by atoms with Crippen molar-refractivity contribution in [2.45, 2.75) is 26.7 Å². The van der Waals surface area contributed by atoms with Crippen LogP contribution in [0.4, 0.5) is 0 Å². The van der Waals surface area contributed by atoms with E-state index in [1.165, 1.54) is 0 Å². The summed E-state index contributed by atoms with van der Waals surface area (Å²) in [6.45, 7) is 4.05. The highest BCUT2D eigenvalue weighted by Gasteiger charge is 2.06. The maximum atomic E-state index is 10.6. The van der Waals surface area contributed by atoms with Gasteiger partial charge in [-0.2, -0.15) is 0 Å². The van der Waals surface area contributed by atoms with Gasteiger partial charge in [0.1, 0.15) is 5.82 Å². The van der Waals surface area contributed by atoms with Crippen LogP contribution in [0.5, 0.6) is 0 Å². The number of hydrogen-bond donors (Lipinski definition) is 1. The second kappa shape index (κ2) is 5.04. The lowest BCUT2D eigenvalue weighted by Crippen LogP contribution is -2.03. The third-order valence-electron chi connectivity index (χ3n) is 2.94. The van der Waals surface area contributed by atoms with Crippen LogP contribution >= 0.6 is 0 Å². The lowest BCUT2D eigenvalue weighted by atomic mass is 10.1. The van der Waals surface area contributed by atoms with Crippen molar-refractivity contribution in [1.29, 1.82) is 0 Å². The molecular formula is C14H16N2O2. The van der Waals surface area contributed by atoms with Crippen LogP contribution in [-0.4, -0.2) is 20.6 Å². The van der Waals surface area contributed by atoms with Crippen molar-refractivity contribution in [3.8, 4) is 5.82 Å². The van der Waals surface area contributed by atoms with Gasteiger partial charge in [-0.25, -0.2) is 4.98 Å². The molecule has 0 aliphatic carbocycles. The number of aryl methyl sites for hydroxylation is 3. The largest absolute Gasteiger partial charge is 0.481 e. The molecule has 2 aromatic heterocycles. The number of carboxylic acids is 1. The molecule has 0 bridgehead atoms. The van der Waals surface area contributed by atoms with E-state index in [4.69, 9.17) is 5.11 Å². The molecule has 0 saturated carbocycles. The maximum Gasteiger partial charge on any atom is 0.303 e. The molecule has 2 aromatic rings. The molecule has 0 aromatic carbocycles. The van der Waals surface area contributed by atoms with Crippen molar-refractivity contribution >= 4 is 5.97 Å². The standard InChI is InChI=1S/C14H16N2O2/c1-10-3-4-11(2)16(10)13-9-12(7-8-15-13)5-6-14(17)18/h3-4,7-9H,5-6H2,1-2H3,(H,17,18). The van der Waals surface area contributed by atoms with Gasteiger partial charge in [0.2, 0.25) is 0 Å². The number of carboxylic acid groups (broad SMARTS) is 1. The minimum absolute atomic E-state index is 0.146. The van der Waals surface area contributed by atoms with E-state index in [-0.39, 0.29) is 6.42 Å². The second-order valence-corrected chi connectivity index (χ2v) is 4.37. The second-order valence-electron chi connectivity index (χ2n) is 4.37. The first-order chi connectivity index (χ1) is 8.58. The van der Waals surface area contributed by atoms with Crippen LogP contribution in [0.1, 0.15) is 23.4 Å². The van der Waals surface area contributed by atoms with Crippen LogP contribution < -0.4 is 0 Å². The average molecular weight is 244 g/mol. The summed E-state index contributed by atoms with van der Waals surface area (Å²) in [4.78, 5) is 14.9. The summed E-state index contributed by atoms with van der Waals surface area (Å²) in [5.41, 5.74) is 3.24. The number of hydrogen-bond acceptors (Lipinski definition) is 2. The molecule has 4 nitrogen and oxygen atoms in total. The number of carbonyl (C=O) groups is 1. The highest BCUT2D eigenvalue weighted by atomic mass is 16.4. The van der Waals surface area contributed by atoms with Gasteiger partial charge in [-0.15, -0.1) is 0 Å². The van der Waals surface area contributed by atoms with Crippen LogP contribution in [0.25, 0.3) is 5.82 Å². The molecule has 2 rings (SSSR count). The molecule has 0 aliphatic heterocycles. The zero-order valence-corrected chi connectivity index (χ0v) is 10.6. The summed E-state index contributed by atoms with van der Waals surface area (Å²) in [6.07, 6.45) is 2.41. The van der Waals surface area contributed by atoms with Crippen LogP contribution in [0.15, 0.2) is 30.5 Å². The molecule has 0 amide bonds. The van der Waals surface area contributed by atoms with Gasteiger partial charge >= 0.3 is 5.97 Å². The van der Waals surface area contributed by atoms with Gasteiger partial charge in [0, 0.05) is 24.0 Å². The van der Waals surface area contributed by atoms with Crippen molar-refractivity contribution in [1.82, 2.24) is 9.55 Å². The van der Waals surface area contributed by atoms with Crippen molar-refractivity contribution in [3.05, 3.63) is 47.4 Å². The summed E-state index contributed by atoms with van der Waals surface area (Å²) >= 11 is 0. The van der Waals surface area contributed by atoms with E-state index in [9.17, 15) is 4.79 Å². The fourth-order valence-electron chi connectivity index (χ4n) is 2.02. The van der Waals surface area contributed by atoms with E-state index in [1.54, 1.807) is 6.20 Å². The minimum atomic E-state index is -0.776. The van der Waals surface area contributed by atoms with E-state index >= 15 is 0 Å². The molecule has 0 spiro atoms. The summed E-state index contributed by atoms with van der Waals surface area (Å²) in [7, 11) is 0. The summed E-state index contributed by atoms with van der Waals surface area (Å²) in [6, 6.07) is 7.89. The lowest BCUT2D eigenvalue weighted by molar-refractivity contribution is -0.136. The van der Waals surface area contributed by atoms with Crippen molar-refractivity contribution in [2.24, 2.45) is 0 Å². The summed E-state index contributed by atoms with van der Waals surface area (Å²) in [5.74, 6) is 0.0691. The Bertz CT molecular complexity index is 553. The predicted octanol–water partition coefficient (Wildman–Crippen LogP) is 2.51. The Hall–Kier alpha value is -2.10. The van der Waals surface area contributed by atoms with E-state index < -0.39 is 5.97 Å². The molecule has 0 unspecified atom stereocenters. The third kappa shape index (κ3) is 2.59. The third-order valence-corrected chi connectivity index (χ3v) is 2.94. The van der Waals surface area contributed by atoms with E-state index in [0.717, 1.165) is 22.8 Å². The Morgan fingerprint density at radius 2 is 1.94 bits per heavy atom. The Kier molecular flexibility index (Phi) is 3.46. The first-order valence-corrected chi connectivity index (χ1v) is 5.90. The van der Waals surface area contributed by atoms with Crippen LogP contribution in [0.2, 0.25) is 0 Å². The molecule has 2 heterocycles. The number of aromatic nitrogens is 2. The molecule has 18 heavy (non-hydrogen) atoms. The van der Waals surface area contributed by atoms with Gasteiger partial charge in [0.15, 0.2) is 0 Å². The fourth-order valence-corrected chi connectivity index (χ4v) is 2.02. The molecular weight excluding hydrogens is 228 g/mol. The van der Waals surface area contributed by atoms with Crippen LogP contribution in [0, 0.1) is 13.8 Å². The highest BCUT2D eigenvalue weighted by molar-refractivity contribution is 5.67. The van der Waals surface area contributed by atoms with Gasteiger partial charge in [-0.1, -0.05) is 0 Å². The Balaban J connectivity index is 2.30. The van der Waals surface area contributed by atoms with Gasteiger partial charge in [-0.05, 0) is 50.1 Å². The first kappa shape index (κ1) is 12.4. The summed E-state index contributed by atoms with van der Waals surface area (Å²) < 4.78 is 2.06. The van der Waals surface area contributed by atoms with Crippen molar-refractivity contribution < 1.29 is 9.90 Å². The molecule has 0 saturated heterocycles. The van der Waals surface area contributed by atoms with Gasteiger partial charge in [0.05, 0.1) is 0 Å². The molecule has 4 heteroatoms. The minimum Gasteiger partial charge on any atom is -0.481 e. The number of rotatable bonds is 4. The number of pyridine rings is 1. The first-order valence-electron chi connectivity index (χ1n) is 5.90. The maximum absolute atomic E-state index is 10.6. The monoisotopic (exact) mass is 244 g/mol. The smallest absolute Gasteiger partial charge is 0.303 e. The molecule has 0 aliphatic rings. The Morgan fingerprint density at radius 1 is 1.28 bits per heavy atom. The molecule has 1 N–H and O–H groups in total. The topological polar surface area (TPSA) is 55.1 Å². The number of aliphatic carboxylic acids is 1. The predicted molar refractivity (Wildman–Crippen MR) is 69.0 cm³/mol. The normalized spacial score (nSPS) is 10.6. The lowest BCUT2D eigenvalue weighted by Gasteiger charge is -2.09. The van der Waals surface area contributed by atoms with E-state index in [1.807, 2.05) is 38.1 Å². The fraction of sp³-hybridized carbons (Fsp3) is 0.286. The molecule has 94 valence electrons. The molecule has 0 fully saturated rings.